The molecule has 2 unspecified atom stereocenters. The summed E-state index contributed by atoms with van der Waals surface area (Å²) in [5, 5.41) is 19.3. The Kier molecular flexibility index (Phi) is 5.72. The molecule has 1 aromatic carbocycles. The van der Waals surface area contributed by atoms with E-state index in [0.29, 0.717) is 6.54 Å². The molecule has 112 valence electrons. The zero-order valence-corrected chi connectivity index (χ0v) is 13.0. The lowest BCUT2D eigenvalue weighted by Crippen LogP contribution is -2.36. The Labute approximate surface area is 121 Å². The van der Waals surface area contributed by atoms with Crippen molar-refractivity contribution in [3.8, 4) is 0 Å². The van der Waals surface area contributed by atoms with Crippen LogP contribution in [0.25, 0.3) is 0 Å². The minimum Gasteiger partial charge on any atom is -0.481 e. The molecule has 1 rings (SSSR count). The molecular weight excluding hydrogens is 254 g/mol. The molecular formula is C16H25NO3. The van der Waals surface area contributed by atoms with Crippen molar-refractivity contribution in [1.82, 2.24) is 4.90 Å². The number of carboxylic acid groups (broad SMARTS) is 1. The van der Waals surface area contributed by atoms with E-state index in [-0.39, 0.29) is 12.5 Å². The summed E-state index contributed by atoms with van der Waals surface area (Å²) in [6.07, 6.45) is -0.534. The molecule has 0 fully saturated rings. The standard InChI is InChI=1S/C16H25NO3/c1-10-8-11(2)15(12(3)9-10)16(20)13(4)17(5)7-6-14(18)19/h8-9,13,16,20H,6-7H2,1-5H3,(H,18,19). The first-order valence-corrected chi connectivity index (χ1v) is 6.92. The lowest BCUT2D eigenvalue weighted by molar-refractivity contribution is -0.137. The Hall–Kier alpha value is -1.39. The van der Waals surface area contributed by atoms with Crippen LogP contribution in [0.1, 0.15) is 41.7 Å². The molecule has 2 atom stereocenters. The van der Waals surface area contributed by atoms with E-state index in [9.17, 15) is 9.90 Å². The number of aryl methyl sites for hydroxylation is 3. The van der Waals surface area contributed by atoms with Gasteiger partial charge in [-0.2, -0.15) is 0 Å². The Balaban J connectivity index is 2.88. The molecule has 0 aliphatic rings. The largest absolute Gasteiger partial charge is 0.481 e. The molecule has 2 N–H and O–H groups in total. The van der Waals surface area contributed by atoms with E-state index < -0.39 is 12.1 Å². The Morgan fingerprint density at radius 1 is 1.25 bits per heavy atom. The fourth-order valence-corrected chi connectivity index (χ4v) is 2.62. The molecule has 0 saturated heterocycles. The molecule has 0 saturated carbocycles. The van der Waals surface area contributed by atoms with Gasteiger partial charge in [0, 0.05) is 12.6 Å². The van der Waals surface area contributed by atoms with Crippen LogP contribution in [0.15, 0.2) is 12.1 Å². The van der Waals surface area contributed by atoms with Crippen molar-refractivity contribution in [3.05, 3.63) is 34.4 Å². The molecule has 0 aliphatic carbocycles. The van der Waals surface area contributed by atoms with Crippen molar-refractivity contribution in [2.45, 2.75) is 46.3 Å². The number of aliphatic hydroxyl groups excluding tert-OH is 1. The van der Waals surface area contributed by atoms with Crippen LogP contribution in [0, 0.1) is 20.8 Å². The summed E-state index contributed by atoms with van der Waals surface area (Å²) in [5.41, 5.74) is 4.29. The number of likely N-dealkylation sites (N-methyl/N-ethyl adjacent to an activating group) is 1. The van der Waals surface area contributed by atoms with Crippen LogP contribution in [-0.2, 0) is 4.79 Å². The van der Waals surface area contributed by atoms with Crippen molar-refractivity contribution in [1.29, 1.82) is 0 Å². The van der Waals surface area contributed by atoms with E-state index in [4.69, 9.17) is 5.11 Å². The van der Waals surface area contributed by atoms with Gasteiger partial charge in [-0.1, -0.05) is 17.7 Å². The van der Waals surface area contributed by atoms with E-state index in [0.717, 1.165) is 16.7 Å². The monoisotopic (exact) mass is 279 g/mol. The minimum absolute atomic E-state index is 0.0828. The van der Waals surface area contributed by atoms with Crippen molar-refractivity contribution >= 4 is 5.97 Å². The zero-order valence-electron chi connectivity index (χ0n) is 13.0. The van der Waals surface area contributed by atoms with Gasteiger partial charge in [-0.25, -0.2) is 0 Å². The number of rotatable bonds is 6. The van der Waals surface area contributed by atoms with Crippen LogP contribution in [-0.4, -0.2) is 40.7 Å². The normalized spacial score (nSPS) is 14.3. The highest BCUT2D eigenvalue weighted by molar-refractivity contribution is 5.66. The van der Waals surface area contributed by atoms with Gasteiger partial charge in [0.1, 0.15) is 0 Å². The topological polar surface area (TPSA) is 60.8 Å². The maximum absolute atomic E-state index is 10.6. The highest BCUT2D eigenvalue weighted by Gasteiger charge is 2.23. The number of aliphatic carboxylic acids is 1. The highest BCUT2D eigenvalue weighted by atomic mass is 16.4. The summed E-state index contributed by atoms with van der Waals surface area (Å²) in [6, 6.07) is 4.00. The first-order chi connectivity index (χ1) is 9.23. The summed E-state index contributed by atoms with van der Waals surface area (Å²) < 4.78 is 0. The maximum Gasteiger partial charge on any atom is 0.304 e. The van der Waals surface area contributed by atoms with Crippen LogP contribution in [0.5, 0.6) is 0 Å². The van der Waals surface area contributed by atoms with E-state index in [1.165, 1.54) is 5.56 Å². The zero-order chi connectivity index (χ0) is 15.4. The van der Waals surface area contributed by atoms with Gasteiger partial charge < -0.3 is 15.1 Å². The average Bonchev–Trinajstić information content (AvgIpc) is 2.33. The van der Waals surface area contributed by atoms with Crippen molar-refractivity contribution in [3.63, 3.8) is 0 Å². The summed E-state index contributed by atoms with van der Waals surface area (Å²) in [7, 11) is 1.84. The van der Waals surface area contributed by atoms with Gasteiger partial charge in [0.2, 0.25) is 0 Å². The third kappa shape index (κ3) is 4.05. The van der Waals surface area contributed by atoms with E-state index in [2.05, 4.69) is 12.1 Å². The second-order valence-electron chi connectivity index (χ2n) is 5.62. The summed E-state index contributed by atoms with van der Waals surface area (Å²) in [5.74, 6) is -0.818. The number of nitrogens with zero attached hydrogens (tertiary/aromatic N) is 1. The first-order valence-electron chi connectivity index (χ1n) is 6.92. The van der Waals surface area contributed by atoms with E-state index in [1.807, 2.05) is 39.6 Å². The molecule has 1 aromatic rings. The quantitative estimate of drug-likeness (QED) is 0.839. The lowest BCUT2D eigenvalue weighted by atomic mass is 9.92. The van der Waals surface area contributed by atoms with E-state index >= 15 is 0 Å². The molecule has 4 heteroatoms. The summed E-state index contributed by atoms with van der Waals surface area (Å²) in [4.78, 5) is 12.5. The number of carboxylic acids is 1. The molecule has 0 radical (unpaired) electrons. The molecule has 0 bridgehead atoms. The van der Waals surface area contributed by atoms with Crippen molar-refractivity contribution in [2.75, 3.05) is 13.6 Å². The minimum atomic E-state index is -0.818. The fraction of sp³-hybridized carbons (Fsp3) is 0.562. The molecule has 20 heavy (non-hydrogen) atoms. The van der Waals surface area contributed by atoms with Gasteiger partial charge in [0.15, 0.2) is 0 Å². The van der Waals surface area contributed by atoms with Gasteiger partial charge in [0.25, 0.3) is 0 Å². The van der Waals surface area contributed by atoms with Crippen LogP contribution in [0.2, 0.25) is 0 Å². The van der Waals surface area contributed by atoms with Crippen LogP contribution in [0.4, 0.5) is 0 Å². The molecule has 4 nitrogen and oxygen atoms in total. The van der Waals surface area contributed by atoms with Gasteiger partial charge in [0.05, 0.1) is 12.5 Å². The van der Waals surface area contributed by atoms with Crippen LogP contribution < -0.4 is 0 Å². The summed E-state index contributed by atoms with van der Waals surface area (Å²) in [6.45, 7) is 8.40. The maximum atomic E-state index is 10.6. The number of carbonyl (C=O) groups is 1. The molecule has 0 aliphatic heterocycles. The number of benzene rings is 1. The van der Waals surface area contributed by atoms with Gasteiger partial charge >= 0.3 is 5.97 Å². The second-order valence-corrected chi connectivity index (χ2v) is 5.62. The lowest BCUT2D eigenvalue weighted by Gasteiger charge is -2.30. The highest BCUT2D eigenvalue weighted by Crippen LogP contribution is 2.27. The van der Waals surface area contributed by atoms with Gasteiger partial charge in [-0.05, 0) is 51.4 Å². The van der Waals surface area contributed by atoms with Crippen molar-refractivity contribution < 1.29 is 15.0 Å². The third-order valence-corrected chi connectivity index (χ3v) is 3.86. The fourth-order valence-electron chi connectivity index (χ4n) is 2.62. The van der Waals surface area contributed by atoms with Gasteiger partial charge in [-0.3, -0.25) is 4.79 Å². The van der Waals surface area contributed by atoms with Gasteiger partial charge in [-0.15, -0.1) is 0 Å². The van der Waals surface area contributed by atoms with E-state index in [1.54, 1.807) is 0 Å². The number of hydrogen-bond acceptors (Lipinski definition) is 3. The average molecular weight is 279 g/mol. The second kappa shape index (κ2) is 6.86. The third-order valence-electron chi connectivity index (χ3n) is 3.86. The molecule has 0 aromatic heterocycles. The number of aliphatic hydroxyl groups is 1. The predicted molar refractivity (Wildman–Crippen MR) is 80.0 cm³/mol. The molecule has 0 heterocycles. The first kappa shape index (κ1) is 16.7. The molecule has 0 spiro atoms. The molecule has 0 amide bonds. The number of hydrogen-bond donors (Lipinski definition) is 2. The van der Waals surface area contributed by atoms with Crippen molar-refractivity contribution in [2.24, 2.45) is 0 Å². The Morgan fingerprint density at radius 3 is 2.20 bits per heavy atom. The van der Waals surface area contributed by atoms with Crippen LogP contribution >= 0.6 is 0 Å². The Bertz CT molecular complexity index is 462. The predicted octanol–water partition coefficient (Wildman–Crippen LogP) is 2.44. The van der Waals surface area contributed by atoms with Crippen LogP contribution in [0.3, 0.4) is 0 Å². The smallest absolute Gasteiger partial charge is 0.304 e. The SMILES string of the molecule is Cc1cc(C)c(C(O)C(C)N(C)CCC(=O)O)c(C)c1. The summed E-state index contributed by atoms with van der Waals surface area (Å²) >= 11 is 0. The Morgan fingerprint density at radius 2 is 1.75 bits per heavy atom.